The van der Waals surface area contributed by atoms with Crippen molar-refractivity contribution >= 4 is 15.9 Å². The molecule has 2 aromatic rings. The fraction of sp³-hybridized carbons (Fsp3) is 0.333. The van der Waals surface area contributed by atoms with E-state index in [1.54, 1.807) is 18.3 Å². The van der Waals surface area contributed by atoms with Crippen LogP contribution in [0.25, 0.3) is 0 Å². The Morgan fingerprint density at radius 3 is 2.72 bits per heavy atom. The van der Waals surface area contributed by atoms with E-state index >= 15 is 0 Å². The molecule has 1 aromatic heterocycles. The van der Waals surface area contributed by atoms with Crippen LogP contribution in [0.1, 0.15) is 35.0 Å². The van der Waals surface area contributed by atoms with Gasteiger partial charge < -0.3 is 5.32 Å². The number of hydrogen-bond acceptors (Lipinski definition) is 4. The third-order valence-electron chi connectivity index (χ3n) is 4.22. The van der Waals surface area contributed by atoms with Crippen LogP contribution in [0.3, 0.4) is 0 Å². The summed E-state index contributed by atoms with van der Waals surface area (Å²) in [6.07, 6.45) is 3.18. The highest BCUT2D eigenvalue weighted by molar-refractivity contribution is 7.89. The maximum Gasteiger partial charge on any atom is 0.251 e. The summed E-state index contributed by atoms with van der Waals surface area (Å²) in [5, 5.41) is 2.78. The first-order chi connectivity index (χ1) is 12.0. The predicted molar refractivity (Wildman–Crippen MR) is 94.6 cm³/mol. The molecule has 1 amide bonds. The summed E-state index contributed by atoms with van der Waals surface area (Å²) in [4.78, 5) is 16.4. The molecule has 1 N–H and O–H groups in total. The maximum atomic E-state index is 12.9. The van der Waals surface area contributed by atoms with Crippen LogP contribution in [-0.2, 0) is 23.0 Å². The Hall–Kier alpha value is -2.25. The van der Waals surface area contributed by atoms with E-state index in [1.165, 1.54) is 16.4 Å². The lowest BCUT2D eigenvalue weighted by Gasteiger charge is -2.27. The Morgan fingerprint density at radius 1 is 1.24 bits per heavy atom. The average Bonchev–Trinajstić information content (AvgIpc) is 2.65. The van der Waals surface area contributed by atoms with Gasteiger partial charge in [0.15, 0.2) is 0 Å². The van der Waals surface area contributed by atoms with Gasteiger partial charge in [0.1, 0.15) is 0 Å². The van der Waals surface area contributed by atoms with E-state index in [4.69, 9.17) is 0 Å². The molecule has 0 saturated carbocycles. The Bertz CT molecular complexity index is 863. The Labute approximate surface area is 147 Å². The summed E-state index contributed by atoms with van der Waals surface area (Å²) in [5.74, 6) is -0.191. The van der Waals surface area contributed by atoms with Gasteiger partial charge in [-0.25, -0.2) is 8.42 Å². The number of fused-ring (bicyclic) bond motifs is 1. The van der Waals surface area contributed by atoms with Gasteiger partial charge >= 0.3 is 0 Å². The predicted octanol–water partition coefficient (Wildman–Crippen LogP) is 1.97. The molecule has 6 nitrogen and oxygen atoms in total. The Balaban J connectivity index is 1.78. The molecule has 7 heteroatoms. The number of benzene rings is 1. The van der Waals surface area contributed by atoms with Gasteiger partial charge in [-0.3, -0.25) is 9.78 Å². The van der Waals surface area contributed by atoms with E-state index in [2.05, 4.69) is 10.3 Å². The molecule has 0 spiro atoms. The first kappa shape index (κ1) is 17.6. The van der Waals surface area contributed by atoms with Crippen LogP contribution in [0, 0.1) is 0 Å². The summed E-state index contributed by atoms with van der Waals surface area (Å²) in [5.41, 5.74) is 2.35. The number of nitrogens with one attached hydrogen (secondary N) is 1. The largest absolute Gasteiger partial charge is 0.352 e. The van der Waals surface area contributed by atoms with Crippen molar-refractivity contribution in [3.63, 3.8) is 0 Å². The third kappa shape index (κ3) is 3.72. The smallest absolute Gasteiger partial charge is 0.251 e. The minimum atomic E-state index is -3.59. The molecular formula is C18H21N3O3S. The lowest BCUT2D eigenvalue weighted by molar-refractivity contribution is 0.0953. The fourth-order valence-electron chi connectivity index (χ4n) is 2.81. The van der Waals surface area contributed by atoms with Crippen molar-refractivity contribution in [2.45, 2.75) is 31.2 Å². The van der Waals surface area contributed by atoms with Crippen LogP contribution in [0.5, 0.6) is 0 Å². The Morgan fingerprint density at radius 2 is 2.00 bits per heavy atom. The number of aromatic nitrogens is 1. The second-order valence-electron chi connectivity index (χ2n) is 5.98. The normalized spacial score (nSPS) is 14.8. The molecule has 0 atom stereocenters. The van der Waals surface area contributed by atoms with Crippen molar-refractivity contribution in [1.29, 1.82) is 0 Å². The highest BCUT2D eigenvalue weighted by Gasteiger charge is 2.28. The molecule has 2 heterocycles. The number of nitrogens with zero attached hydrogens (tertiary/aromatic N) is 2. The zero-order chi connectivity index (χ0) is 17.9. The van der Waals surface area contributed by atoms with Crippen molar-refractivity contribution in [3.8, 4) is 0 Å². The van der Waals surface area contributed by atoms with Crippen LogP contribution in [0.2, 0.25) is 0 Å². The summed E-state index contributed by atoms with van der Waals surface area (Å²) in [6, 6.07) is 9.82. The van der Waals surface area contributed by atoms with Gasteiger partial charge in [0.25, 0.3) is 5.91 Å². The number of amides is 1. The highest BCUT2D eigenvalue weighted by Crippen LogP contribution is 2.24. The summed E-state index contributed by atoms with van der Waals surface area (Å²) < 4.78 is 27.2. The number of sulfonamides is 1. The number of hydrogen-bond donors (Lipinski definition) is 1. The zero-order valence-electron chi connectivity index (χ0n) is 14.1. The van der Waals surface area contributed by atoms with E-state index in [0.717, 1.165) is 17.7 Å². The van der Waals surface area contributed by atoms with E-state index in [1.807, 2.05) is 19.1 Å². The van der Waals surface area contributed by atoms with Crippen molar-refractivity contribution in [1.82, 2.24) is 14.6 Å². The number of carbonyl (C=O) groups excluding carboxylic acids is 1. The lowest BCUT2D eigenvalue weighted by atomic mass is 10.1. The van der Waals surface area contributed by atoms with Gasteiger partial charge in [0, 0.05) is 43.5 Å². The van der Waals surface area contributed by atoms with E-state index < -0.39 is 10.0 Å². The summed E-state index contributed by atoms with van der Waals surface area (Å²) >= 11 is 0. The highest BCUT2D eigenvalue weighted by atomic mass is 32.2. The van der Waals surface area contributed by atoms with E-state index in [-0.39, 0.29) is 10.8 Å². The first-order valence-corrected chi connectivity index (χ1v) is 9.77. The average molecular weight is 359 g/mol. The van der Waals surface area contributed by atoms with Crippen molar-refractivity contribution in [2.75, 3.05) is 13.1 Å². The standard InChI is InChI=1S/C18H21N3O3S/c1-2-10-20-18(22)14-5-7-16(8-6-14)25(23,24)21-12-9-17-15(13-21)4-3-11-19-17/h3-8,11H,2,9-10,12-13H2,1H3,(H,20,22). The second kappa shape index (κ2) is 7.33. The van der Waals surface area contributed by atoms with Crippen LogP contribution in [0.15, 0.2) is 47.5 Å². The molecule has 3 rings (SSSR count). The summed E-state index contributed by atoms with van der Waals surface area (Å²) in [7, 11) is -3.59. The molecule has 132 valence electrons. The third-order valence-corrected chi connectivity index (χ3v) is 6.08. The van der Waals surface area contributed by atoms with E-state index in [0.29, 0.717) is 31.6 Å². The summed E-state index contributed by atoms with van der Waals surface area (Å²) in [6.45, 7) is 3.30. The van der Waals surface area contributed by atoms with Gasteiger partial charge in [-0.15, -0.1) is 0 Å². The monoisotopic (exact) mass is 359 g/mol. The molecule has 0 unspecified atom stereocenters. The first-order valence-electron chi connectivity index (χ1n) is 8.33. The number of pyridine rings is 1. The molecule has 25 heavy (non-hydrogen) atoms. The molecular weight excluding hydrogens is 338 g/mol. The van der Waals surface area contributed by atoms with Gasteiger partial charge in [0.05, 0.1) is 4.90 Å². The molecule has 1 aliphatic rings. The van der Waals surface area contributed by atoms with Crippen molar-refractivity contribution in [2.24, 2.45) is 0 Å². The molecule has 0 fully saturated rings. The van der Waals surface area contributed by atoms with Crippen LogP contribution < -0.4 is 5.32 Å². The molecule has 0 saturated heterocycles. The van der Waals surface area contributed by atoms with Gasteiger partial charge in [-0.05, 0) is 42.3 Å². The van der Waals surface area contributed by atoms with Gasteiger partial charge in [-0.2, -0.15) is 4.31 Å². The molecule has 0 aliphatic carbocycles. The van der Waals surface area contributed by atoms with Crippen LogP contribution in [-0.4, -0.2) is 36.7 Å². The number of carbonyl (C=O) groups is 1. The minimum absolute atomic E-state index is 0.191. The fourth-order valence-corrected chi connectivity index (χ4v) is 4.23. The second-order valence-corrected chi connectivity index (χ2v) is 7.92. The van der Waals surface area contributed by atoms with Gasteiger partial charge in [0.2, 0.25) is 10.0 Å². The SMILES string of the molecule is CCCNC(=O)c1ccc(S(=O)(=O)N2CCc3ncccc3C2)cc1. The minimum Gasteiger partial charge on any atom is -0.352 e. The topological polar surface area (TPSA) is 79.4 Å². The van der Waals surface area contributed by atoms with E-state index in [9.17, 15) is 13.2 Å². The molecule has 1 aliphatic heterocycles. The Kier molecular flexibility index (Phi) is 5.15. The van der Waals surface area contributed by atoms with Gasteiger partial charge in [-0.1, -0.05) is 13.0 Å². The van der Waals surface area contributed by atoms with Crippen LogP contribution >= 0.6 is 0 Å². The molecule has 0 radical (unpaired) electrons. The van der Waals surface area contributed by atoms with Crippen molar-refractivity contribution < 1.29 is 13.2 Å². The molecule has 0 bridgehead atoms. The zero-order valence-corrected chi connectivity index (χ0v) is 14.9. The lowest BCUT2D eigenvalue weighted by Crippen LogP contribution is -2.36. The molecule has 1 aromatic carbocycles. The van der Waals surface area contributed by atoms with Crippen LogP contribution in [0.4, 0.5) is 0 Å². The quantitative estimate of drug-likeness (QED) is 0.885. The maximum absolute atomic E-state index is 12.9. The number of rotatable bonds is 5. The van der Waals surface area contributed by atoms with Crippen molar-refractivity contribution in [3.05, 3.63) is 59.4 Å².